The van der Waals surface area contributed by atoms with Gasteiger partial charge in [0.2, 0.25) is 0 Å². The molecule has 0 N–H and O–H groups in total. The number of rotatable bonds is 8. The topological polar surface area (TPSA) is 32.8 Å². The van der Waals surface area contributed by atoms with Crippen molar-refractivity contribution in [1.29, 1.82) is 0 Å². The fourth-order valence-corrected chi connectivity index (χ4v) is 13.5. The Hall–Kier alpha value is -8.86. The molecule has 0 unspecified atom stereocenters. The van der Waals surface area contributed by atoms with Crippen molar-refractivity contribution in [2.24, 2.45) is 0 Å². The number of hydrogen-bond donors (Lipinski definition) is 0. The van der Waals surface area contributed by atoms with Gasteiger partial charge in [-0.05, 0) is 181 Å². The van der Waals surface area contributed by atoms with E-state index in [1.807, 2.05) is 0 Å². The molecule has 2 aliphatic carbocycles. The third-order valence-electron chi connectivity index (χ3n) is 17.8. The minimum Gasteiger partial charge on any atom is -0.455 e. The monoisotopic (exact) mass is 1010 g/mol. The summed E-state index contributed by atoms with van der Waals surface area (Å²) in [5.41, 5.74) is 23.3. The minimum atomic E-state index is -0.0646. The van der Waals surface area contributed by atoms with Gasteiger partial charge in [0.1, 0.15) is 22.3 Å². The highest BCUT2D eigenvalue weighted by molar-refractivity contribution is 6.22. The zero-order valence-electron chi connectivity index (χ0n) is 45.5. The number of benzene rings is 11. The molecule has 2 aromatic heterocycles. The van der Waals surface area contributed by atoms with Crippen molar-refractivity contribution in [2.45, 2.75) is 78.1 Å². The zero-order chi connectivity index (χ0) is 52.9. The number of anilines is 6. The van der Waals surface area contributed by atoms with Crippen LogP contribution in [0.25, 0.3) is 87.7 Å². The van der Waals surface area contributed by atoms with E-state index < -0.39 is 0 Å². The molecule has 0 amide bonds. The van der Waals surface area contributed by atoms with Gasteiger partial charge in [0.15, 0.2) is 0 Å². The van der Waals surface area contributed by atoms with E-state index in [0.717, 1.165) is 99.5 Å². The summed E-state index contributed by atoms with van der Waals surface area (Å²) in [4.78, 5) is 4.81. The van der Waals surface area contributed by atoms with E-state index in [1.165, 1.54) is 55.6 Å². The molecule has 0 bridgehead atoms. The van der Waals surface area contributed by atoms with Crippen molar-refractivity contribution in [1.82, 2.24) is 0 Å². The standard InChI is InChI=1S/C74H60N2O2/c1-43(2)45-17-23-49(24-18-45)75(53-29-35-67-61(39-53)57-13-9-11-15-65(57)73(67,5)6)51-27-33-55-47(37-51)21-31-59-63-41-64-60-32-22-48-38-52(28-34-56(48)72(60)78-70(64)42-69(63)77-71(55)59)76(50-25-19-46(20-26-50)44(3)4)54-30-36-68-62(40-54)58-14-10-12-16-66(58)74(68,7)8/h9-44H,1-8H3. The molecule has 2 aliphatic rings. The minimum absolute atomic E-state index is 0.0646. The molecule has 78 heavy (non-hydrogen) atoms. The largest absolute Gasteiger partial charge is 0.455 e. The second-order valence-corrected chi connectivity index (χ2v) is 23.7. The van der Waals surface area contributed by atoms with Gasteiger partial charge in [-0.3, -0.25) is 0 Å². The highest BCUT2D eigenvalue weighted by atomic mass is 16.3. The highest BCUT2D eigenvalue weighted by Gasteiger charge is 2.37. The Labute approximate surface area is 455 Å². The Morgan fingerprint density at radius 1 is 0.308 bits per heavy atom. The fraction of sp³-hybridized carbons (Fsp3) is 0.162. The molecule has 13 aromatic rings. The fourth-order valence-electron chi connectivity index (χ4n) is 13.5. The van der Waals surface area contributed by atoms with Gasteiger partial charge in [-0.25, -0.2) is 0 Å². The summed E-state index contributed by atoms with van der Waals surface area (Å²) in [6, 6.07) is 76.9. The Balaban J connectivity index is 0.811. The first-order valence-electron chi connectivity index (χ1n) is 27.8. The lowest BCUT2D eigenvalue weighted by Gasteiger charge is -2.27. The first-order valence-corrected chi connectivity index (χ1v) is 27.8. The summed E-state index contributed by atoms with van der Waals surface area (Å²) in [6.07, 6.45) is 0. The molecule has 0 fully saturated rings. The molecule has 378 valence electrons. The highest BCUT2D eigenvalue weighted by Crippen LogP contribution is 2.53. The van der Waals surface area contributed by atoms with Crippen molar-refractivity contribution in [2.75, 3.05) is 9.80 Å². The van der Waals surface area contributed by atoms with Crippen molar-refractivity contribution < 1.29 is 8.83 Å². The molecule has 0 radical (unpaired) electrons. The van der Waals surface area contributed by atoms with Gasteiger partial charge in [-0.2, -0.15) is 0 Å². The van der Waals surface area contributed by atoms with Gasteiger partial charge in [0, 0.05) is 83.3 Å². The van der Waals surface area contributed by atoms with Crippen LogP contribution in [0.1, 0.15) is 101 Å². The second-order valence-electron chi connectivity index (χ2n) is 23.7. The van der Waals surface area contributed by atoms with E-state index in [2.05, 4.69) is 271 Å². The van der Waals surface area contributed by atoms with Crippen LogP contribution in [0.15, 0.2) is 215 Å². The van der Waals surface area contributed by atoms with E-state index in [-0.39, 0.29) is 10.8 Å². The van der Waals surface area contributed by atoms with Crippen LogP contribution in [-0.2, 0) is 10.8 Å². The molecule has 4 nitrogen and oxygen atoms in total. The van der Waals surface area contributed by atoms with Crippen LogP contribution in [0.5, 0.6) is 0 Å². The lowest BCUT2D eigenvalue weighted by molar-refractivity contribution is 0.659. The first kappa shape index (κ1) is 46.4. The molecule has 4 heteroatoms. The van der Waals surface area contributed by atoms with Crippen molar-refractivity contribution in [3.63, 3.8) is 0 Å². The van der Waals surface area contributed by atoms with E-state index in [1.54, 1.807) is 0 Å². The first-order chi connectivity index (χ1) is 37.8. The second kappa shape index (κ2) is 16.8. The zero-order valence-corrected chi connectivity index (χ0v) is 45.5. The van der Waals surface area contributed by atoms with Crippen LogP contribution in [0, 0.1) is 0 Å². The molecule has 0 aliphatic heterocycles. The van der Waals surface area contributed by atoms with E-state index in [4.69, 9.17) is 8.83 Å². The third-order valence-corrected chi connectivity index (χ3v) is 17.8. The third kappa shape index (κ3) is 6.85. The predicted octanol–water partition coefficient (Wildman–Crippen LogP) is 21.6. The molecule has 0 saturated carbocycles. The normalized spacial score (nSPS) is 14.1. The maximum Gasteiger partial charge on any atom is 0.143 e. The SMILES string of the molecule is CC(C)c1ccc(N(c2ccc3c(c2)-c2ccccc2C3(C)C)c2ccc3c(ccc4c5cc6c(cc5oc34)oc3c4ccc(N(c5ccc(C(C)C)cc5)c5ccc7c(c5)-c5ccccc5C7(C)C)cc4ccc63)c2)cc1. The average molecular weight is 1010 g/mol. The van der Waals surface area contributed by atoms with E-state index in [0.29, 0.717) is 11.8 Å². The van der Waals surface area contributed by atoms with Crippen LogP contribution in [0.2, 0.25) is 0 Å². The lowest BCUT2D eigenvalue weighted by Crippen LogP contribution is -2.15. The van der Waals surface area contributed by atoms with Gasteiger partial charge < -0.3 is 18.6 Å². The van der Waals surface area contributed by atoms with Gasteiger partial charge >= 0.3 is 0 Å². The number of nitrogens with zero attached hydrogens (tertiary/aromatic N) is 2. The average Bonchev–Trinajstić information content (AvgIpc) is 4.16. The Kier molecular flexibility index (Phi) is 10.0. The molecular weight excluding hydrogens is 949 g/mol. The van der Waals surface area contributed by atoms with Crippen LogP contribution in [0.3, 0.4) is 0 Å². The lowest BCUT2D eigenvalue weighted by atomic mass is 9.82. The molecule has 0 atom stereocenters. The van der Waals surface area contributed by atoms with Crippen LogP contribution in [0.4, 0.5) is 34.1 Å². The van der Waals surface area contributed by atoms with Crippen LogP contribution >= 0.6 is 0 Å². The Morgan fingerprint density at radius 3 is 1.09 bits per heavy atom. The smallest absolute Gasteiger partial charge is 0.143 e. The number of furan rings is 2. The van der Waals surface area contributed by atoms with Crippen molar-refractivity contribution in [3.8, 4) is 22.3 Å². The predicted molar refractivity (Wildman–Crippen MR) is 329 cm³/mol. The molecule has 15 rings (SSSR count). The summed E-state index contributed by atoms with van der Waals surface area (Å²) in [6.45, 7) is 18.4. The Morgan fingerprint density at radius 2 is 0.667 bits per heavy atom. The van der Waals surface area contributed by atoms with Crippen molar-refractivity contribution in [3.05, 3.63) is 240 Å². The van der Waals surface area contributed by atoms with Gasteiger partial charge in [0.25, 0.3) is 0 Å². The maximum atomic E-state index is 6.89. The summed E-state index contributed by atoms with van der Waals surface area (Å²) in [5, 5.41) is 8.73. The van der Waals surface area contributed by atoms with Gasteiger partial charge in [0.05, 0.1) is 0 Å². The van der Waals surface area contributed by atoms with Crippen LogP contribution < -0.4 is 9.80 Å². The summed E-state index contributed by atoms with van der Waals surface area (Å²) >= 11 is 0. The summed E-state index contributed by atoms with van der Waals surface area (Å²) in [7, 11) is 0. The summed E-state index contributed by atoms with van der Waals surface area (Å²) in [5.74, 6) is 0.889. The van der Waals surface area contributed by atoms with Gasteiger partial charge in [-0.1, -0.05) is 152 Å². The molecule has 2 heterocycles. The van der Waals surface area contributed by atoms with E-state index in [9.17, 15) is 0 Å². The number of fused-ring (bicyclic) bond motifs is 16. The van der Waals surface area contributed by atoms with Crippen LogP contribution in [-0.4, -0.2) is 0 Å². The molecule has 11 aromatic carbocycles. The summed E-state index contributed by atoms with van der Waals surface area (Å²) < 4.78 is 13.8. The quantitative estimate of drug-likeness (QED) is 0.152. The number of hydrogen-bond acceptors (Lipinski definition) is 4. The molecule has 0 saturated heterocycles. The van der Waals surface area contributed by atoms with E-state index >= 15 is 0 Å². The Bertz CT molecular complexity index is 4330. The van der Waals surface area contributed by atoms with Crippen molar-refractivity contribution >= 4 is 99.5 Å². The molecular formula is C74H60N2O2. The maximum absolute atomic E-state index is 6.89. The molecule has 0 spiro atoms. The van der Waals surface area contributed by atoms with Gasteiger partial charge in [-0.15, -0.1) is 0 Å².